The van der Waals surface area contributed by atoms with Gasteiger partial charge in [0.05, 0.1) is 12.2 Å². The molecule has 2 N–H and O–H groups in total. The zero-order chi connectivity index (χ0) is 31.5. The molecule has 7 heteroatoms. The van der Waals surface area contributed by atoms with Gasteiger partial charge in [-0.15, -0.1) is 0 Å². The van der Waals surface area contributed by atoms with Crippen LogP contribution < -0.4 is 10.2 Å². The van der Waals surface area contributed by atoms with Crippen molar-refractivity contribution in [2.45, 2.75) is 219 Å². The molecule has 0 fully saturated rings. The van der Waals surface area contributed by atoms with Crippen LogP contribution in [0.1, 0.15) is 206 Å². The van der Waals surface area contributed by atoms with E-state index in [1.54, 1.807) is 0 Å². The van der Waals surface area contributed by atoms with Crippen LogP contribution in [-0.4, -0.2) is 34.4 Å². The van der Waals surface area contributed by atoms with E-state index in [-0.39, 0.29) is 44.5 Å². The van der Waals surface area contributed by atoms with Crippen LogP contribution in [0, 0.1) is 0 Å². The van der Waals surface area contributed by atoms with Crippen LogP contribution >= 0.6 is 0 Å². The van der Waals surface area contributed by atoms with E-state index in [1.807, 2.05) is 0 Å². The molecule has 0 saturated heterocycles. The minimum atomic E-state index is -0.954. The molecule has 0 saturated carbocycles. The van der Waals surface area contributed by atoms with E-state index >= 15 is 0 Å². The molecule has 0 radical (unpaired) electrons. The van der Waals surface area contributed by atoms with Crippen molar-refractivity contribution in [1.82, 2.24) is 0 Å². The van der Waals surface area contributed by atoms with Gasteiger partial charge < -0.3 is 30.0 Å². The Hall–Kier alpha value is -0.517. The average molecular weight is 664 g/mol. The van der Waals surface area contributed by atoms with Crippen molar-refractivity contribution in [3.8, 4) is 0 Å². The van der Waals surface area contributed by atoms with Crippen LogP contribution in [0.25, 0.3) is 0 Å². The van der Waals surface area contributed by atoms with Crippen molar-refractivity contribution in [1.29, 1.82) is 0 Å². The van der Waals surface area contributed by atoms with Crippen LogP contribution in [0.3, 0.4) is 0 Å². The van der Waals surface area contributed by atoms with Gasteiger partial charge in [0.15, 0.2) is 0 Å². The third-order valence-corrected chi connectivity index (χ3v) is 8.12. The molecule has 0 rings (SSSR count). The molecule has 0 amide bonds. The zero-order valence-electron chi connectivity index (χ0n) is 28.6. The summed E-state index contributed by atoms with van der Waals surface area (Å²) in [7, 11) is 0. The molecule has 0 spiro atoms. The first-order valence-corrected chi connectivity index (χ1v) is 18.1. The maximum absolute atomic E-state index is 10.2. The van der Waals surface area contributed by atoms with Gasteiger partial charge in [-0.2, -0.15) is 0 Å². The zero-order valence-corrected chi connectivity index (χ0v) is 31.6. The standard InChI is InChI=1S/2C18H36O3.Zn/c2*1-2-3-4-5-6-7-8-11-14-17(19)15-12-9-10-13-16-18(20)21;/h2*17,19H,2-16H2,1H3,(H,20,21);/q;;+2/p-2. The fourth-order valence-corrected chi connectivity index (χ4v) is 5.32. The normalized spacial score (nSPS) is 12.2. The number of aliphatic hydroxyl groups is 2. The van der Waals surface area contributed by atoms with Crippen LogP contribution in [0.15, 0.2) is 0 Å². The molecule has 0 aromatic rings. The number of carbonyl (C=O) groups excluding carboxylic acids is 2. The molecule has 0 bridgehead atoms. The van der Waals surface area contributed by atoms with Crippen LogP contribution in [-0.2, 0) is 29.1 Å². The van der Waals surface area contributed by atoms with E-state index in [4.69, 9.17) is 0 Å². The molecular formula is C36H70O6Zn. The van der Waals surface area contributed by atoms with Gasteiger partial charge in [0.1, 0.15) is 0 Å². The molecular weight excluding hydrogens is 594 g/mol. The summed E-state index contributed by atoms with van der Waals surface area (Å²) in [4.78, 5) is 20.5. The van der Waals surface area contributed by atoms with E-state index in [0.29, 0.717) is 12.8 Å². The van der Waals surface area contributed by atoms with E-state index in [0.717, 1.165) is 77.0 Å². The van der Waals surface area contributed by atoms with Gasteiger partial charge >= 0.3 is 19.5 Å². The van der Waals surface area contributed by atoms with Gasteiger partial charge in [-0.25, -0.2) is 0 Å². The summed E-state index contributed by atoms with van der Waals surface area (Å²) in [5.74, 6) is -1.91. The summed E-state index contributed by atoms with van der Waals surface area (Å²) in [6, 6.07) is 0. The van der Waals surface area contributed by atoms with Gasteiger partial charge in [0, 0.05) is 11.9 Å². The number of aliphatic hydroxyl groups excluding tert-OH is 2. The summed E-state index contributed by atoms with van der Waals surface area (Å²) in [5, 5.41) is 40.2. The molecule has 0 aromatic heterocycles. The van der Waals surface area contributed by atoms with Gasteiger partial charge in [-0.3, -0.25) is 0 Å². The number of carbonyl (C=O) groups is 2. The predicted molar refractivity (Wildman–Crippen MR) is 172 cm³/mol. The molecule has 6 nitrogen and oxygen atoms in total. The van der Waals surface area contributed by atoms with Gasteiger partial charge in [-0.1, -0.05) is 155 Å². The quantitative estimate of drug-likeness (QED) is 0.0557. The summed E-state index contributed by atoms with van der Waals surface area (Å²) in [6.07, 6.45) is 31.8. The molecule has 252 valence electrons. The third kappa shape index (κ3) is 46.0. The van der Waals surface area contributed by atoms with Crippen molar-refractivity contribution in [3.05, 3.63) is 0 Å². The molecule has 2 atom stereocenters. The average Bonchev–Trinajstić information content (AvgIpc) is 2.95. The van der Waals surface area contributed by atoms with E-state index in [9.17, 15) is 30.0 Å². The number of hydrogen-bond donors (Lipinski definition) is 2. The fourth-order valence-electron chi connectivity index (χ4n) is 5.32. The minimum Gasteiger partial charge on any atom is -0.550 e. The van der Waals surface area contributed by atoms with E-state index in [2.05, 4.69) is 13.8 Å². The first-order valence-electron chi connectivity index (χ1n) is 18.1. The van der Waals surface area contributed by atoms with Crippen molar-refractivity contribution in [2.75, 3.05) is 0 Å². The minimum absolute atomic E-state index is 0. The number of carboxylic acid groups (broad SMARTS) is 2. The second-order valence-electron chi connectivity index (χ2n) is 12.5. The van der Waals surface area contributed by atoms with Gasteiger partial charge in [0.25, 0.3) is 0 Å². The monoisotopic (exact) mass is 662 g/mol. The number of unbranched alkanes of at least 4 members (excludes halogenated alkanes) is 20. The van der Waals surface area contributed by atoms with Crippen LogP contribution in [0.5, 0.6) is 0 Å². The molecule has 0 heterocycles. The first kappa shape index (κ1) is 46.9. The Labute approximate surface area is 279 Å². The Kier molecular flexibility index (Phi) is 43.1. The Morgan fingerprint density at radius 2 is 0.628 bits per heavy atom. The SMILES string of the molecule is CCCCCCCCCCC(O)CCCCCCC(=O)[O-].CCCCCCCCCCC(O)CCCCCCC(=O)[O-].[Zn+2]. The Bertz CT molecular complexity index is 512. The summed E-state index contributed by atoms with van der Waals surface area (Å²) < 4.78 is 0. The molecule has 43 heavy (non-hydrogen) atoms. The molecule has 2 unspecified atom stereocenters. The summed E-state index contributed by atoms with van der Waals surface area (Å²) in [6.45, 7) is 4.48. The number of aliphatic carboxylic acids is 2. The van der Waals surface area contributed by atoms with E-state index < -0.39 is 11.9 Å². The number of hydrogen-bond acceptors (Lipinski definition) is 6. The van der Waals surface area contributed by atoms with E-state index in [1.165, 1.54) is 89.9 Å². The second kappa shape index (κ2) is 39.5. The van der Waals surface area contributed by atoms with Crippen LogP contribution in [0.4, 0.5) is 0 Å². The number of carboxylic acids is 2. The fraction of sp³-hybridized carbons (Fsp3) is 0.944. The topological polar surface area (TPSA) is 121 Å². The number of rotatable bonds is 32. The maximum Gasteiger partial charge on any atom is 2.00 e. The Morgan fingerprint density at radius 3 is 0.860 bits per heavy atom. The molecule has 0 aliphatic heterocycles. The first-order chi connectivity index (χ1) is 20.3. The molecule has 0 aromatic carbocycles. The Balaban J connectivity index is -0.000000727. The van der Waals surface area contributed by atoms with Crippen LogP contribution in [0.2, 0.25) is 0 Å². The maximum atomic E-state index is 10.2. The molecule has 0 aliphatic carbocycles. The summed E-state index contributed by atoms with van der Waals surface area (Å²) >= 11 is 0. The summed E-state index contributed by atoms with van der Waals surface area (Å²) in [5.41, 5.74) is 0. The van der Waals surface area contributed by atoms with Crippen molar-refractivity contribution >= 4 is 11.9 Å². The van der Waals surface area contributed by atoms with Gasteiger partial charge in [0.2, 0.25) is 0 Å². The second-order valence-corrected chi connectivity index (χ2v) is 12.5. The van der Waals surface area contributed by atoms with Gasteiger partial charge in [-0.05, 0) is 51.4 Å². The largest absolute Gasteiger partial charge is 2.00 e. The van der Waals surface area contributed by atoms with Crippen molar-refractivity contribution in [3.63, 3.8) is 0 Å². The smallest absolute Gasteiger partial charge is 0.550 e. The van der Waals surface area contributed by atoms with Crippen molar-refractivity contribution < 1.29 is 49.5 Å². The molecule has 0 aliphatic rings. The predicted octanol–water partition coefficient (Wildman–Crippen LogP) is 7.93. The van der Waals surface area contributed by atoms with Crippen molar-refractivity contribution in [2.24, 2.45) is 0 Å². The Morgan fingerprint density at radius 1 is 0.419 bits per heavy atom. The third-order valence-electron chi connectivity index (χ3n) is 8.12.